The fourth-order valence-electron chi connectivity index (χ4n) is 2.30. The van der Waals surface area contributed by atoms with Gasteiger partial charge in [0.25, 0.3) is 0 Å². The van der Waals surface area contributed by atoms with Gasteiger partial charge in [0.2, 0.25) is 12.3 Å². The third kappa shape index (κ3) is 1.56. The smallest absolute Gasteiger partial charge is 0.246 e. The average Bonchev–Trinajstić information content (AvgIpc) is 2.67. The molecule has 1 aliphatic carbocycles. The molecule has 2 amide bonds. The summed E-state index contributed by atoms with van der Waals surface area (Å²) < 4.78 is 0. The van der Waals surface area contributed by atoms with E-state index < -0.39 is 5.54 Å². The fraction of sp³-hybridized carbons (Fsp3) is 0.333. The Morgan fingerprint density at radius 1 is 1.31 bits per heavy atom. The molecule has 2 rings (SSSR count). The first-order chi connectivity index (χ1) is 7.72. The highest BCUT2D eigenvalue weighted by Crippen LogP contribution is 2.29. The van der Waals surface area contributed by atoms with Crippen molar-refractivity contribution in [3.05, 3.63) is 35.4 Å². The molecular weight excluding hydrogens is 204 g/mol. The van der Waals surface area contributed by atoms with Crippen LogP contribution in [0.3, 0.4) is 0 Å². The normalized spacial score (nSPS) is 16.3. The summed E-state index contributed by atoms with van der Waals surface area (Å²) in [6, 6.07) is 7.87. The second kappa shape index (κ2) is 3.96. The Kier molecular flexibility index (Phi) is 2.64. The summed E-state index contributed by atoms with van der Waals surface area (Å²) in [7, 11) is 1.58. The van der Waals surface area contributed by atoms with E-state index in [2.05, 4.69) is 10.6 Å². The van der Waals surface area contributed by atoms with Gasteiger partial charge in [-0.3, -0.25) is 9.59 Å². The van der Waals surface area contributed by atoms with E-state index in [0.717, 1.165) is 11.1 Å². The Hall–Kier alpha value is -1.84. The third-order valence-corrected chi connectivity index (χ3v) is 3.10. The Balaban J connectivity index is 2.34. The van der Waals surface area contributed by atoms with Crippen LogP contribution in [0.4, 0.5) is 0 Å². The lowest BCUT2D eigenvalue weighted by atomic mass is 9.95. The van der Waals surface area contributed by atoms with Crippen LogP contribution >= 0.6 is 0 Å². The van der Waals surface area contributed by atoms with Crippen molar-refractivity contribution in [1.29, 1.82) is 0 Å². The van der Waals surface area contributed by atoms with Crippen LogP contribution in [0.1, 0.15) is 11.1 Å². The molecule has 1 aromatic carbocycles. The van der Waals surface area contributed by atoms with Crippen molar-refractivity contribution >= 4 is 12.3 Å². The zero-order valence-corrected chi connectivity index (χ0v) is 9.12. The van der Waals surface area contributed by atoms with E-state index >= 15 is 0 Å². The van der Waals surface area contributed by atoms with Gasteiger partial charge in [0.05, 0.1) is 0 Å². The summed E-state index contributed by atoms with van der Waals surface area (Å²) in [6.45, 7) is 0. The predicted molar refractivity (Wildman–Crippen MR) is 59.8 cm³/mol. The van der Waals surface area contributed by atoms with Gasteiger partial charge in [-0.05, 0) is 11.1 Å². The zero-order chi connectivity index (χ0) is 11.6. The number of hydrogen-bond acceptors (Lipinski definition) is 2. The van der Waals surface area contributed by atoms with E-state index in [0.29, 0.717) is 19.3 Å². The Labute approximate surface area is 94.0 Å². The monoisotopic (exact) mass is 218 g/mol. The van der Waals surface area contributed by atoms with Gasteiger partial charge in [0.15, 0.2) is 0 Å². The number of rotatable bonds is 3. The maximum absolute atomic E-state index is 11.9. The number of carbonyl (C=O) groups excluding carboxylic acids is 2. The number of carbonyl (C=O) groups is 2. The molecule has 0 heterocycles. The van der Waals surface area contributed by atoms with Crippen molar-refractivity contribution in [3.8, 4) is 0 Å². The van der Waals surface area contributed by atoms with E-state index in [9.17, 15) is 9.59 Å². The lowest BCUT2D eigenvalue weighted by molar-refractivity contribution is -0.129. The Morgan fingerprint density at radius 2 is 1.88 bits per heavy atom. The number of benzene rings is 1. The second-order valence-electron chi connectivity index (χ2n) is 4.05. The van der Waals surface area contributed by atoms with Crippen molar-refractivity contribution in [3.63, 3.8) is 0 Å². The number of hydrogen-bond donors (Lipinski definition) is 2. The summed E-state index contributed by atoms with van der Waals surface area (Å²) in [5.41, 5.74) is 1.45. The Morgan fingerprint density at radius 3 is 2.31 bits per heavy atom. The zero-order valence-electron chi connectivity index (χ0n) is 9.12. The highest BCUT2D eigenvalue weighted by Gasteiger charge is 2.42. The summed E-state index contributed by atoms with van der Waals surface area (Å²) >= 11 is 0. The van der Waals surface area contributed by atoms with Crippen molar-refractivity contribution in [2.24, 2.45) is 0 Å². The second-order valence-corrected chi connectivity index (χ2v) is 4.05. The molecule has 84 valence electrons. The van der Waals surface area contributed by atoms with Crippen molar-refractivity contribution in [1.82, 2.24) is 10.6 Å². The quantitative estimate of drug-likeness (QED) is 0.702. The van der Waals surface area contributed by atoms with Crippen molar-refractivity contribution < 1.29 is 9.59 Å². The van der Waals surface area contributed by atoms with Crippen LogP contribution in [0.15, 0.2) is 24.3 Å². The van der Waals surface area contributed by atoms with Gasteiger partial charge in [-0.2, -0.15) is 0 Å². The molecule has 0 fully saturated rings. The van der Waals surface area contributed by atoms with Crippen molar-refractivity contribution in [2.45, 2.75) is 18.4 Å². The summed E-state index contributed by atoms with van der Waals surface area (Å²) in [5.74, 6) is -0.143. The maximum Gasteiger partial charge on any atom is 0.246 e. The SMILES string of the molecule is CNC(=O)C1(NC=O)Cc2ccccc2C1. The molecule has 1 aromatic rings. The lowest BCUT2D eigenvalue weighted by Crippen LogP contribution is -2.56. The molecule has 0 aromatic heterocycles. The van der Waals surface area contributed by atoms with Crippen LogP contribution < -0.4 is 10.6 Å². The third-order valence-electron chi connectivity index (χ3n) is 3.10. The topological polar surface area (TPSA) is 58.2 Å². The largest absolute Gasteiger partial charge is 0.357 e. The van der Waals surface area contributed by atoms with Crippen LogP contribution in [-0.4, -0.2) is 24.9 Å². The average molecular weight is 218 g/mol. The molecule has 0 aliphatic heterocycles. The first kappa shape index (κ1) is 10.7. The standard InChI is InChI=1S/C12H14N2O2/c1-13-11(16)12(14-8-15)6-9-4-2-3-5-10(9)7-12/h2-5,8H,6-7H2,1H3,(H,13,16)(H,14,15). The van der Waals surface area contributed by atoms with Crippen LogP contribution in [0, 0.1) is 0 Å². The van der Waals surface area contributed by atoms with Crippen LogP contribution in [0.5, 0.6) is 0 Å². The molecule has 1 aliphatic rings. The van der Waals surface area contributed by atoms with Crippen LogP contribution in [0.2, 0.25) is 0 Å². The van der Waals surface area contributed by atoms with Gasteiger partial charge in [0.1, 0.15) is 5.54 Å². The first-order valence-corrected chi connectivity index (χ1v) is 5.22. The summed E-state index contributed by atoms with van der Waals surface area (Å²) in [6.07, 6.45) is 1.71. The van der Waals surface area contributed by atoms with E-state index in [1.165, 1.54) is 0 Å². The number of amides is 2. The molecule has 0 unspecified atom stereocenters. The van der Waals surface area contributed by atoms with E-state index in [1.807, 2.05) is 24.3 Å². The highest BCUT2D eigenvalue weighted by molar-refractivity contribution is 5.89. The van der Waals surface area contributed by atoms with Gasteiger partial charge < -0.3 is 10.6 Å². The summed E-state index contributed by atoms with van der Waals surface area (Å²) in [4.78, 5) is 22.5. The van der Waals surface area contributed by atoms with Gasteiger partial charge in [-0.25, -0.2) is 0 Å². The van der Waals surface area contributed by atoms with Crippen LogP contribution in [-0.2, 0) is 22.4 Å². The minimum atomic E-state index is -0.805. The predicted octanol–water partition coefficient (Wildman–Crippen LogP) is 0.0160. The van der Waals surface area contributed by atoms with Gasteiger partial charge in [-0.15, -0.1) is 0 Å². The first-order valence-electron chi connectivity index (χ1n) is 5.22. The molecule has 0 saturated heterocycles. The minimum absolute atomic E-state index is 0.143. The molecule has 0 bridgehead atoms. The summed E-state index contributed by atoms with van der Waals surface area (Å²) in [5, 5.41) is 5.27. The molecule has 4 heteroatoms. The number of fused-ring (bicyclic) bond motifs is 1. The molecule has 0 atom stereocenters. The maximum atomic E-state index is 11.9. The Bertz CT molecular complexity index is 404. The lowest BCUT2D eigenvalue weighted by Gasteiger charge is -2.25. The molecule has 0 spiro atoms. The molecule has 0 saturated carbocycles. The molecule has 0 radical (unpaired) electrons. The van der Waals surface area contributed by atoms with Gasteiger partial charge in [0, 0.05) is 19.9 Å². The van der Waals surface area contributed by atoms with Crippen LogP contribution in [0.25, 0.3) is 0 Å². The van der Waals surface area contributed by atoms with E-state index in [-0.39, 0.29) is 5.91 Å². The molecular formula is C12H14N2O2. The highest BCUT2D eigenvalue weighted by atomic mass is 16.2. The van der Waals surface area contributed by atoms with Gasteiger partial charge >= 0.3 is 0 Å². The molecule has 4 nitrogen and oxygen atoms in total. The number of nitrogens with one attached hydrogen (secondary N) is 2. The number of likely N-dealkylation sites (N-methyl/N-ethyl adjacent to an activating group) is 1. The molecule has 16 heavy (non-hydrogen) atoms. The molecule has 2 N–H and O–H groups in total. The van der Waals surface area contributed by atoms with Crippen molar-refractivity contribution in [2.75, 3.05) is 7.05 Å². The van der Waals surface area contributed by atoms with E-state index in [4.69, 9.17) is 0 Å². The fourth-order valence-corrected chi connectivity index (χ4v) is 2.30. The van der Waals surface area contributed by atoms with Gasteiger partial charge in [-0.1, -0.05) is 24.3 Å². The minimum Gasteiger partial charge on any atom is -0.357 e. The van der Waals surface area contributed by atoms with E-state index in [1.54, 1.807) is 7.05 Å².